The summed E-state index contributed by atoms with van der Waals surface area (Å²) in [5.41, 5.74) is 5.58. The summed E-state index contributed by atoms with van der Waals surface area (Å²) in [4.78, 5) is 11.6. The number of hydrogen-bond acceptors (Lipinski definition) is 2. The molecule has 4 heteroatoms. The van der Waals surface area contributed by atoms with Crippen LogP contribution in [0, 0.1) is 17.6 Å². The smallest absolute Gasteiger partial charge is 0.179 e. The summed E-state index contributed by atoms with van der Waals surface area (Å²) in [6, 6.07) is 1.98. The second kappa shape index (κ2) is 4.49. The summed E-state index contributed by atoms with van der Waals surface area (Å²) in [5, 5.41) is 0. The Kier molecular flexibility index (Phi) is 3.52. The lowest BCUT2D eigenvalue weighted by molar-refractivity contribution is 0.0939. The molecule has 1 unspecified atom stereocenters. The molecule has 0 aliphatic heterocycles. The van der Waals surface area contributed by atoms with Crippen LogP contribution < -0.4 is 5.73 Å². The third kappa shape index (κ3) is 2.83. The largest absolute Gasteiger partial charge is 0.321 e. The van der Waals surface area contributed by atoms with Crippen molar-refractivity contribution in [3.8, 4) is 0 Å². The molecule has 15 heavy (non-hydrogen) atoms. The van der Waals surface area contributed by atoms with E-state index in [1.54, 1.807) is 13.8 Å². The Morgan fingerprint density at radius 1 is 1.20 bits per heavy atom. The van der Waals surface area contributed by atoms with Gasteiger partial charge in [0.25, 0.3) is 0 Å². The van der Waals surface area contributed by atoms with Gasteiger partial charge in [0.15, 0.2) is 5.78 Å². The zero-order chi connectivity index (χ0) is 11.6. The third-order valence-corrected chi connectivity index (χ3v) is 2.17. The number of carbonyl (C=O) groups is 1. The maximum Gasteiger partial charge on any atom is 0.179 e. The molecule has 1 rings (SSSR count). The standard InChI is InChI=1S/C11H13F2NO/c1-6(2)10(14)11(15)7-3-8(12)5-9(13)4-7/h3-6,10H,14H2,1-2H3. The number of Topliss-reactive ketones (excluding diaryl/α,β-unsaturated/α-hetero) is 1. The van der Waals surface area contributed by atoms with Crippen LogP contribution in [0.4, 0.5) is 8.78 Å². The molecule has 0 saturated heterocycles. The van der Waals surface area contributed by atoms with E-state index in [-0.39, 0.29) is 11.5 Å². The number of hydrogen-bond donors (Lipinski definition) is 1. The molecule has 0 bridgehead atoms. The molecule has 2 N–H and O–H groups in total. The van der Waals surface area contributed by atoms with Gasteiger partial charge in [-0.15, -0.1) is 0 Å². The predicted molar refractivity (Wildman–Crippen MR) is 53.5 cm³/mol. The molecule has 1 aromatic rings. The monoisotopic (exact) mass is 213 g/mol. The van der Waals surface area contributed by atoms with E-state index in [4.69, 9.17) is 5.73 Å². The van der Waals surface area contributed by atoms with Crippen molar-refractivity contribution in [1.29, 1.82) is 0 Å². The van der Waals surface area contributed by atoms with E-state index in [1.807, 2.05) is 0 Å². The van der Waals surface area contributed by atoms with E-state index < -0.39 is 23.5 Å². The zero-order valence-electron chi connectivity index (χ0n) is 8.63. The third-order valence-electron chi connectivity index (χ3n) is 2.17. The van der Waals surface area contributed by atoms with Crippen LogP contribution >= 0.6 is 0 Å². The van der Waals surface area contributed by atoms with E-state index in [0.29, 0.717) is 0 Å². The van der Waals surface area contributed by atoms with Crippen molar-refractivity contribution >= 4 is 5.78 Å². The van der Waals surface area contributed by atoms with E-state index >= 15 is 0 Å². The summed E-state index contributed by atoms with van der Waals surface area (Å²) in [6.07, 6.45) is 0. The van der Waals surface area contributed by atoms with Gasteiger partial charge in [-0.3, -0.25) is 4.79 Å². The molecule has 82 valence electrons. The molecule has 0 heterocycles. The molecule has 0 fully saturated rings. The Labute approximate surface area is 87.1 Å². The van der Waals surface area contributed by atoms with Crippen molar-refractivity contribution in [2.75, 3.05) is 0 Å². The van der Waals surface area contributed by atoms with Crippen molar-refractivity contribution in [1.82, 2.24) is 0 Å². The van der Waals surface area contributed by atoms with Gasteiger partial charge in [-0.1, -0.05) is 13.8 Å². The number of ketones is 1. The Morgan fingerprint density at radius 2 is 1.67 bits per heavy atom. The summed E-state index contributed by atoms with van der Waals surface area (Å²) in [6.45, 7) is 3.55. The molecule has 0 saturated carbocycles. The van der Waals surface area contributed by atoms with Crippen molar-refractivity contribution in [2.45, 2.75) is 19.9 Å². The number of nitrogens with two attached hydrogens (primary N) is 1. The molecule has 0 spiro atoms. The van der Waals surface area contributed by atoms with Crippen LogP contribution in [0.5, 0.6) is 0 Å². The van der Waals surface area contributed by atoms with Gasteiger partial charge in [-0.25, -0.2) is 8.78 Å². The van der Waals surface area contributed by atoms with Crippen molar-refractivity contribution in [2.24, 2.45) is 11.7 Å². The van der Waals surface area contributed by atoms with Gasteiger partial charge < -0.3 is 5.73 Å². The SMILES string of the molecule is CC(C)C(N)C(=O)c1cc(F)cc(F)c1. The highest BCUT2D eigenvalue weighted by Gasteiger charge is 2.19. The summed E-state index contributed by atoms with van der Waals surface area (Å²) in [7, 11) is 0. The van der Waals surface area contributed by atoms with Crippen LogP contribution in [0.2, 0.25) is 0 Å². The van der Waals surface area contributed by atoms with Crippen molar-refractivity contribution in [3.05, 3.63) is 35.4 Å². The highest BCUT2D eigenvalue weighted by atomic mass is 19.1. The molecular weight excluding hydrogens is 200 g/mol. The average molecular weight is 213 g/mol. The molecule has 2 nitrogen and oxygen atoms in total. The maximum absolute atomic E-state index is 12.8. The van der Waals surface area contributed by atoms with Crippen molar-refractivity contribution in [3.63, 3.8) is 0 Å². The van der Waals surface area contributed by atoms with Crippen LogP contribution in [0.3, 0.4) is 0 Å². The Hall–Kier alpha value is -1.29. The fourth-order valence-electron chi connectivity index (χ4n) is 1.19. The van der Waals surface area contributed by atoms with Crippen LogP contribution in [0.1, 0.15) is 24.2 Å². The van der Waals surface area contributed by atoms with Gasteiger partial charge in [-0.05, 0) is 18.1 Å². The van der Waals surface area contributed by atoms with Crippen molar-refractivity contribution < 1.29 is 13.6 Å². The minimum atomic E-state index is -0.769. The number of rotatable bonds is 3. The second-order valence-corrected chi connectivity index (χ2v) is 3.79. The Bertz CT molecular complexity index is 357. The molecule has 1 atom stereocenters. The lowest BCUT2D eigenvalue weighted by Crippen LogP contribution is -2.35. The fourth-order valence-corrected chi connectivity index (χ4v) is 1.19. The van der Waals surface area contributed by atoms with E-state index in [0.717, 1.165) is 18.2 Å². The summed E-state index contributed by atoms with van der Waals surface area (Å²) >= 11 is 0. The molecule has 1 aromatic carbocycles. The van der Waals surface area contributed by atoms with Gasteiger partial charge in [-0.2, -0.15) is 0 Å². The van der Waals surface area contributed by atoms with Gasteiger partial charge in [0, 0.05) is 11.6 Å². The van der Waals surface area contributed by atoms with Gasteiger partial charge in [0.2, 0.25) is 0 Å². The first-order chi connectivity index (χ1) is 6.91. The second-order valence-electron chi connectivity index (χ2n) is 3.79. The summed E-state index contributed by atoms with van der Waals surface area (Å²) in [5.74, 6) is -2.05. The fraction of sp³-hybridized carbons (Fsp3) is 0.364. The molecule has 0 amide bonds. The lowest BCUT2D eigenvalue weighted by Gasteiger charge is -2.14. The average Bonchev–Trinajstić information content (AvgIpc) is 2.13. The molecule has 0 aromatic heterocycles. The first kappa shape index (κ1) is 11.8. The van der Waals surface area contributed by atoms with Crippen LogP contribution in [-0.2, 0) is 0 Å². The molecular formula is C11H13F2NO. The zero-order valence-corrected chi connectivity index (χ0v) is 8.63. The Morgan fingerprint density at radius 3 is 2.07 bits per heavy atom. The summed E-state index contributed by atoms with van der Waals surface area (Å²) < 4.78 is 25.6. The van der Waals surface area contributed by atoms with Gasteiger partial charge in [0.1, 0.15) is 11.6 Å². The minimum Gasteiger partial charge on any atom is -0.321 e. The van der Waals surface area contributed by atoms with Gasteiger partial charge >= 0.3 is 0 Å². The first-order valence-electron chi connectivity index (χ1n) is 4.67. The minimum absolute atomic E-state index is 0.0197. The number of halogens is 2. The maximum atomic E-state index is 12.8. The van der Waals surface area contributed by atoms with Crippen LogP contribution in [0.25, 0.3) is 0 Å². The molecule has 0 aliphatic carbocycles. The van der Waals surface area contributed by atoms with Crippen LogP contribution in [-0.4, -0.2) is 11.8 Å². The number of benzene rings is 1. The Balaban J connectivity index is 3.01. The molecule has 0 radical (unpaired) electrons. The van der Waals surface area contributed by atoms with E-state index in [9.17, 15) is 13.6 Å². The van der Waals surface area contributed by atoms with E-state index in [1.165, 1.54) is 0 Å². The number of carbonyl (C=O) groups excluding carboxylic acids is 1. The topological polar surface area (TPSA) is 43.1 Å². The lowest BCUT2D eigenvalue weighted by atomic mass is 9.96. The van der Waals surface area contributed by atoms with E-state index in [2.05, 4.69) is 0 Å². The highest BCUT2D eigenvalue weighted by Crippen LogP contribution is 2.12. The van der Waals surface area contributed by atoms with Gasteiger partial charge in [0.05, 0.1) is 6.04 Å². The predicted octanol–water partition coefficient (Wildman–Crippen LogP) is 2.13. The molecule has 0 aliphatic rings. The highest BCUT2D eigenvalue weighted by molar-refractivity contribution is 6.00. The normalized spacial score (nSPS) is 12.9. The quantitative estimate of drug-likeness (QED) is 0.781. The van der Waals surface area contributed by atoms with Crippen LogP contribution in [0.15, 0.2) is 18.2 Å². The first-order valence-corrected chi connectivity index (χ1v) is 4.67.